The lowest BCUT2D eigenvalue weighted by Crippen LogP contribution is -2.18. The number of rotatable bonds is 4. The lowest BCUT2D eigenvalue weighted by Gasteiger charge is -2.06. The van der Waals surface area contributed by atoms with Crippen LogP contribution in [0.4, 0.5) is 0 Å². The lowest BCUT2D eigenvalue weighted by atomic mass is 10.2. The summed E-state index contributed by atoms with van der Waals surface area (Å²) in [5, 5.41) is 8.63. The van der Waals surface area contributed by atoms with Crippen molar-refractivity contribution in [1.82, 2.24) is 15.4 Å². The molecule has 0 aliphatic rings. The van der Waals surface area contributed by atoms with Gasteiger partial charge in [-0.2, -0.15) is 0 Å². The number of nitrogens with one attached hydrogen (secondary N) is 1. The van der Waals surface area contributed by atoms with Crippen LogP contribution < -0.4 is 10.2 Å². The fourth-order valence-corrected chi connectivity index (χ4v) is 2.00. The summed E-state index contributed by atoms with van der Waals surface area (Å²) < 4.78 is 5.61. The van der Waals surface area contributed by atoms with Crippen LogP contribution in [0, 0.1) is 0 Å². The molecule has 0 aliphatic heterocycles. The zero-order chi connectivity index (χ0) is 15.4. The van der Waals surface area contributed by atoms with Gasteiger partial charge in [0.1, 0.15) is 6.61 Å². The van der Waals surface area contributed by atoms with Gasteiger partial charge < -0.3 is 4.74 Å². The second kappa shape index (κ2) is 6.19. The molecule has 22 heavy (non-hydrogen) atoms. The van der Waals surface area contributed by atoms with E-state index in [1.807, 2.05) is 30.3 Å². The molecule has 110 valence electrons. The molecule has 2 N–H and O–H groups in total. The number of carbonyl (C=O) groups excluding carboxylic acids is 1. The molecule has 0 radical (unpaired) electrons. The average Bonchev–Trinajstić information content (AvgIpc) is 2.59. The number of aromatic nitrogens is 2. The molecule has 0 spiro atoms. The van der Waals surface area contributed by atoms with Crippen LogP contribution in [0.2, 0.25) is 0 Å². The maximum Gasteiger partial charge on any atom is 0.274 e. The van der Waals surface area contributed by atoms with Gasteiger partial charge in [0.2, 0.25) is 5.88 Å². The van der Waals surface area contributed by atoms with Gasteiger partial charge in [0.15, 0.2) is 0 Å². The van der Waals surface area contributed by atoms with Crippen LogP contribution in [0.25, 0.3) is 11.0 Å². The number of ether oxygens (including phenoxy) is 1. The summed E-state index contributed by atoms with van der Waals surface area (Å²) >= 11 is 0. The van der Waals surface area contributed by atoms with Gasteiger partial charge in [0.25, 0.3) is 5.91 Å². The van der Waals surface area contributed by atoms with Crippen molar-refractivity contribution in [3.8, 4) is 5.88 Å². The van der Waals surface area contributed by atoms with Crippen LogP contribution in [-0.4, -0.2) is 21.1 Å². The summed E-state index contributed by atoms with van der Waals surface area (Å²) in [5.74, 6) is -0.177. The van der Waals surface area contributed by atoms with Gasteiger partial charge in [-0.15, -0.1) is 0 Å². The minimum atomic E-state index is -0.590. The number of hydroxylamine groups is 1. The molecule has 2 aromatic carbocycles. The Bertz CT molecular complexity index is 806. The third-order valence-corrected chi connectivity index (χ3v) is 3.11. The highest BCUT2D eigenvalue weighted by Gasteiger charge is 2.07. The molecule has 0 saturated heterocycles. The average molecular weight is 295 g/mol. The van der Waals surface area contributed by atoms with E-state index in [-0.39, 0.29) is 0 Å². The van der Waals surface area contributed by atoms with E-state index < -0.39 is 5.91 Å². The quantitative estimate of drug-likeness (QED) is 0.570. The second-order valence-electron chi connectivity index (χ2n) is 4.63. The van der Waals surface area contributed by atoms with E-state index in [0.717, 1.165) is 5.56 Å². The molecule has 1 aromatic heterocycles. The molecule has 0 bridgehead atoms. The van der Waals surface area contributed by atoms with Crippen LogP contribution in [0.15, 0.2) is 54.7 Å². The number of hydrogen-bond donors (Lipinski definition) is 2. The highest BCUT2D eigenvalue weighted by atomic mass is 16.5. The van der Waals surface area contributed by atoms with Gasteiger partial charge in [0, 0.05) is 5.56 Å². The number of carbonyl (C=O) groups is 1. The van der Waals surface area contributed by atoms with Gasteiger partial charge in [-0.1, -0.05) is 30.3 Å². The van der Waals surface area contributed by atoms with Gasteiger partial charge in [0.05, 0.1) is 17.2 Å². The minimum absolute atomic E-state index is 0.308. The maximum atomic E-state index is 11.3. The van der Waals surface area contributed by atoms with Crippen molar-refractivity contribution in [2.75, 3.05) is 0 Å². The Morgan fingerprint density at radius 3 is 2.73 bits per heavy atom. The van der Waals surface area contributed by atoms with Crippen LogP contribution in [0.1, 0.15) is 15.9 Å². The third kappa shape index (κ3) is 3.02. The third-order valence-electron chi connectivity index (χ3n) is 3.11. The van der Waals surface area contributed by atoms with E-state index in [9.17, 15) is 4.79 Å². The summed E-state index contributed by atoms with van der Waals surface area (Å²) in [5.41, 5.74) is 4.09. The Hall–Kier alpha value is -2.99. The molecule has 1 amide bonds. The van der Waals surface area contributed by atoms with Crippen molar-refractivity contribution < 1.29 is 14.7 Å². The van der Waals surface area contributed by atoms with E-state index in [0.29, 0.717) is 29.1 Å². The molecule has 0 atom stereocenters. The second-order valence-corrected chi connectivity index (χ2v) is 4.63. The van der Waals surface area contributed by atoms with Gasteiger partial charge in [-0.25, -0.2) is 15.4 Å². The highest BCUT2D eigenvalue weighted by Crippen LogP contribution is 2.16. The number of hydrogen-bond acceptors (Lipinski definition) is 5. The van der Waals surface area contributed by atoms with E-state index in [1.165, 1.54) is 6.20 Å². The Morgan fingerprint density at radius 2 is 1.95 bits per heavy atom. The predicted octanol–water partition coefficient (Wildman–Crippen LogP) is 2.33. The van der Waals surface area contributed by atoms with E-state index in [1.54, 1.807) is 23.7 Å². The van der Waals surface area contributed by atoms with Crippen LogP contribution >= 0.6 is 0 Å². The van der Waals surface area contributed by atoms with Crippen molar-refractivity contribution in [2.45, 2.75) is 6.61 Å². The Morgan fingerprint density at radius 1 is 1.14 bits per heavy atom. The zero-order valence-electron chi connectivity index (χ0n) is 11.6. The fourth-order valence-electron chi connectivity index (χ4n) is 2.00. The van der Waals surface area contributed by atoms with Crippen LogP contribution in [0.3, 0.4) is 0 Å². The van der Waals surface area contributed by atoms with Crippen molar-refractivity contribution in [2.24, 2.45) is 0 Å². The Labute approximate surface area is 126 Å². The molecule has 3 rings (SSSR count). The Balaban J connectivity index is 1.80. The molecule has 6 nitrogen and oxygen atoms in total. The number of benzene rings is 2. The molecule has 6 heteroatoms. The summed E-state index contributed by atoms with van der Waals surface area (Å²) in [6.07, 6.45) is 1.51. The van der Waals surface area contributed by atoms with Crippen molar-refractivity contribution in [3.63, 3.8) is 0 Å². The smallest absolute Gasteiger partial charge is 0.274 e. The molecular formula is C16H13N3O3. The minimum Gasteiger partial charge on any atom is -0.472 e. The zero-order valence-corrected chi connectivity index (χ0v) is 11.6. The molecule has 0 aliphatic carbocycles. The van der Waals surface area contributed by atoms with Crippen molar-refractivity contribution in [3.05, 3.63) is 65.9 Å². The molecule has 3 aromatic rings. The summed E-state index contributed by atoms with van der Waals surface area (Å²) in [6.45, 7) is 0.409. The fraction of sp³-hybridized carbons (Fsp3) is 0.0625. The molecule has 1 heterocycles. The Kier molecular flexibility index (Phi) is 3.93. The summed E-state index contributed by atoms with van der Waals surface area (Å²) in [6, 6.07) is 14.5. The first kappa shape index (κ1) is 14.0. The first-order valence-electron chi connectivity index (χ1n) is 6.64. The number of fused-ring (bicyclic) bond motifs is 1. The van der Waals surface area contributed by atoms with Crippen LogP contribution in [0.5, 0.6) is 5.88 Å². The van der Waals surface area contributed by atoms with Crippen LogP contribution in [-0.2, 0) is 6.61 Å². The SMILES string of the molecule is O=C(NO)c1ccc2nc(OCc3ccccc3)cnc2c1. The van der Waals surface area contributed by atoms with E-state index >= 15 is 0 Å². The predicted molar refractivity (Wildman–Crippen MR) is 79.6 cm³/mol. The summed E-state index contributed by atoms with van der Waals surface area (Å²) in [7, 11) is 0. The highest BCUT2D eigenvalue weighted by molar-refractivity contribution is 5.96. The van der Waals surface area contributed by atoms with Crippen molar-refractivity contribution in [1.29, 1.82) is 0 Å². The molecule has 0 saturated carbocycles. The standard InChI is InChI=1S/C16H13N3O3/c20-16(19-21)12-6-7-13-14(8-12)17-9-15(18-13)22-10-11-4-2-1-3-5-11/h1-9,21H,10H2,(H,19,20). The lowest BCUT2D eigenvalue weighted by molar-refractivity contribution is 0.0706. The van der Waals surface area contributed by atoms with Gasteiger partial charge in [-0.05, 0) is 23.8 Å². The first-order valence-corrected chi connectivity index (χ1v) is 6.64. The largest absolute Gasteiger partial charge is 0.472 e. The molecule has 0 fully saturated rings. The monoisotopic (exact) mass is 295 g/mol. The number of amides is 1. The van der Waals surface area contributed by atoms with Crippen molar-refractivity contribution >= 4 is 16.9 Å². The van der Waals surface area contributed by atoms with E-state index in [4.69, 9.17) is 9.94 Å². The molecule has 0 unspecified atom stereocenters. The van der Waals surface area contributed by atoms with E-state index in [2.05, 4.69) is 9.97 Å². The summed E-state index contributed by atoms with van der Waals surface area (Å²) in [4.78, 5) is 19.9. The maximum absolute atomic E-state index is 11.3. The van der Waals surface area contributed by atoms with Gasteiger partial charge in [-0.3, -0.25) is 10.0 Å². The number of nitrogens with zero attached hydrogens (tertiary/aromatic N) is 2. The normalized spacial score (nSPS) is 10.4. The first-order chi connectivity index (χ1) is 10.8. The molecular weight excluding hydrogens is 282 g/mol. The topological polar surface area (TPSA) is 84.3 Å². The van der Waals surface area contributed by atoms with Gasteiger partial charge >= 0.3 is 0 Å².